The van der Waals surface area contributed by atoms with Gasteiger partial charge in [-0.2, -0.15) is 5.26 Å². The number of hydrogen-bond donors (Lipinski definition) is 0. The van der Waals surface area contributed by atoms with Gasteiger partial charge in [0.05, 0.1) is 27.4 Å². The number of rotatable bonds is 5. The SMILES string of the molecule is Cc1cc(SCC(=O)c2cc(C)n(C3CC3)c2C)n2c(nc3ccccc32)c1C#N. The first kappa shape index (κ1) is 19.0. The van der Waals surface area contributed by atoms with Crippen LogP contribution in [0, 0.1) is 32.1 Å². The van der Waals surface area contributed by atoms with E-state index in [9.17, 15) is 10.1 Å². The fraction of sp³-hybridized carbons (Fsp3) is 0.292. The number of aromatic nitrogens is 3. The largest absolute Gasteiger partial charge is 0.345 e. The second kappa shape index (κ2) is 7.03. The lowest BCUT2D eigenvalue weighted by molar-refractivity contribution is 0.102. The van der Waals surface area contributed by atoms with Crippen LogP contribution in [0.15, 0.2) is 41.4 Å². The molecular formula is C24H22N4OS. The highest BCUT2D eigenvalue weighted by atomic mass is 32.2. The second-order valence-corrected chi connectivity index (χ2v) is 9.01. The van der Waals surface area contributed by atoms with Gasteiger partial charge in [-0.15, -0.1) is 0 Å². The van der Waals surface area contributed by atoms with Gasteiger partial charge in [0.25, 0.3) is 0 Å². The van der Waals surface area contributed by atoms with E-state index >= 15 is 0 Å². The third-order valence-electron chi connectivity index (χ3n) is 5.90. The van der Waals surface area contributed by atoms with E-state index in [1.165, 1.54) is 30.3 Å². The molecule has 5 nitrogen and oxygen atoms in total. The maximum absolute atomic E-state index is 13.1. The highest BCUT2D eigenvalue weighted by molar-refractivity contribution is 8.00. The zero-order valence-electron chi connectivity index (χ0n) is 17.3. The minimum atomic E-state index is 0.139. The summed E-state index contributed by atoms with van der Waals surface area (Å²) >= 11 is 1.51. The lowest BCUT2D eigenvalue weighted by Crippen LogP contribution is -2.06. The average molecular weight is 415 g/mol. The molecule has 1 aliphatic carbocycles. The number of thioether (sulfide) groups is 1. The molecule has 0 amide bonds. The Bertz CT molecular complexity index is 1370. The second-order valence-electron chi connectivity index (χ2n) is 8.01. The number of para-hydroxylation sites is 2. The summed E-state index contributed by atoms with van der Waals surface area (Å²) in [6.45, 7) is 6.06. The Hall–Kier alpha value is -3.04. The van der Waals surface area contributed by atoms with Crippen molar-refractivity contribution < 1.29 is 4.79 Å². The Labute approximate surface area is 179 Å². The van der Waals surface area contributed by atoms with Gasteiger partial charge in [0, 0.05) is 23.0 Å². The number of nitrogens with zero attached hydrogens (tertiary/aromatic N) is 4. The summed E-state index contributed by atoms with van der Waals surface area (Å²) in [6.07, 6.45) is 2.41. The monoisotopic (exact) mass is 414 g/mol. The van der Waals surface area contributed by atoms with Crippen LogP contribution in [0.25, 0.3) is 16.7 Å². The van der Waals surface area contributed by atoms with Crippen molar-refractivity contribution in [2.24, 2.45) is 0 Å². The fourth-order valence-corrected chi connectivity index (χ4v) is 5.34. The number of nitriles is 1. The quantitative estimate of drug-likeness (QED) is 0.324. The summed E-state index contributed by atoms with van der Waals surface area (Å²) in [5, 5.41) is 10.6. The molecule has 1 saturated carbocycles. The number of ketones is 1. The van der Waals surface area contributed by atoms with Crippen molar-refractivity contribution in [1.82, 2.24) is 14.0 Å². The van der Waals surface area contributed by atoms with Crippen LogP contribution >= 0.6 is 11.8 Å². The lowest BCUT2D eigenvalue weighted by Gasteiger charge is -2.10. The molecule has 6 heteroatoms. The third kappa shape index (κ3) is 2.93. The van der Waals surface area contributed by atoms with Crippen molar-refractivity contribution in [2.45, 2.75) is 44.7 Å². The predicted molar refractivity (Wildman–Crippen MR) is 119 cm³/mol. The van der Waals surface area contributed by atoms with Crippen molar-refractivity contribution in [2.75, 3.05) is 5.75 Å². The summed E-state index contributed by atoms with van der Waals surface area (Å²) in [6, 6.07) is 14.7. The average Bonchev–Trinajstić information content (AvgIpc) is 3.41. The van der Waals surface area contributed by atoms with E-state index in [-0.39, 0.29) is 5.78 Å². The number of benzene rings is 1. The van der Waals surface area contributed by atoms with Crippen molar-refractivity contribution in [3.8, 4) is 6.07 Å². The molecule has 0 aliphatic heterocycles. The van der Waals surface area contributed by atoms with Crippen molar-refractivity contribution in [3.63, 3.8) is 0 Å². The van der Waals surface area contributed by atoms with Crippen LogP contribution in [0.4, 0.5) is 0 Å². The van der Waals surface area contributed by atoms with Crippen LogP contribution < -0.4 is 0 Å². The maximum atomic E-state index is 13.1. The van der Waals surface area contributed by atoms with Crippen molar-refractivity contribution in [1.29, 1.82) is 5.26 Å². The first-order valence-electron chi connectivity index (χ1n) is 10.1. The Kier molecular flexibility index (Phi) is 4.44. The summed E-state index contributed by atoms with van der Waals surface area (Å²) in [5.41, 5.74) is 6.98. The zero-order chi connectivity index (χ0) is 21.0. The third-order valence-corrected chi connectivity index (χ3v) is 6.90. The summed E-state index contributed by atoms with van der Waals surface area (Å²) < 4.78 is 4.32. The molecule has 0 unspecified atom stereocenters. The number of fused-ring (bicyclic) bond motifs is 3. The van der Waals surface area contributed by atoms with Gasteiger partial charge in [0.2, 0.25) is 0 Å². The van der Waals surface area contributed by atoms with E-state index in [4.69, 9.17) is 0 Å². The van der Waals surface area contributed by atoms with E-state index in [1.807, 2.05) is 47.7 Å². The molecule has 1 aliphatic rings. The predicted octanol–water partition coefficient (Wildman–Crippen LogP) is 5.40. The van der Waals surface area contributed by atoms with Crippen LogP contribution in [-0.4, -0.2) is 25.5 Å². The van der Waals surface area contributed by atoms with E-state index in [0.29, 0.717) is 23.0 Å². The number of imidazole rings is 1. The minimum absolute atomic E-state index is 0.139. The first-order chi connectivity index (χ1) is 14.5. The molecule has 30 heavy (non-hydrogen) atoms. The molecule has 0 saturated heterocycles. The smallest absolute Gasteiger partial charge is 0.174 e. The van der Waals surface area contributed by atoms with Gasteiger partial charge in [-0.1, -0.05) is 23.9 Å². The van der Waals surface area contributed by atoms with Gasteiger partial charge < -0.3 is 4.57 Å². The van der Waals surface area contributed by atoms with E-state index in [1.54, 1.807) is 0 Å². The molecule has 0 spiro atoms. The molecule has 1 fully saturated rings. The zero-order valence-corrected chi connectivity index (χ0v) is 18.1. The molecule has 0 N–H and O–H groups in total. The Morgan fingerprint density at radius 1 is 1.23 bits per heavy atom. The number of hydrogen-bond acceptors (Lipinski definition) is 4. The first-order valence-corrected chi connectivity index (χ1v) is 11.1. The van der Waals surface area contributed by atoms with Gasteiger partial charge in [0.1, 0.15) is 6.07 Å². The van der Waals surface area contributed by atoms with Crippen molar-refractivity contribution in [3.05, 3.63) is 64.5 Å². The molecule has 0 atom stereocenters. The van der Waals surface area contributed by atoms with E-state index in [0.717, 1.165) is 32.9 Å². The van der Waals surface area contributed by atoms with E-state index in [2.05, 4.69) is 29.5 Å². The lowest BCUT2D eigenvalue weighted by atomic mass is 10.2. The highest BCUT2D eigenvalue weighted by Gasteiger charge is 2.28. The molecule has 150 valence electrons. The van der Waals surface area contributed by atoms with Crippen LogP contribution in [0.1, 0.15) is 51.8 Å². The molecule has 1 aromatic carbocycles. The van der Waals surface area contributed by atoms with Gasteiger partial charge >= 0.3 is 0 Å². The van der Waals surface area contributed by atoms with Crippen LogP contribution in [0.3, 0.4) is 0 Å². The Morgan fingerprint density at radius 3 is 2.73 bits per heavy atom. The number of Topliss-reactive ketones (excluding diaryl/α,β-unsaturated/α-hetero) is 1. The molecular weight excluding hydrogens is 392 g/mol. The molecule has 3 heterocycles. The van der Waals surface area contributed by atoms with Crippen LogP contribution in [-0.2, 0) is 0 Å². The number of carbonyl (C=O) groups is 1. The van der Waals surface area contributed by atoms with Gasteiger partial charge in [-0.05, 0) is 63.4 Å². The number of carbonyl (C=O) groups excluding carboxylic acids is 1. The van der Waals surface area contributed by atoms with Gasteiger partial charge in [-0.3, -0.25) is 9.20 Å². The normalized spacial score (nSPS) is 13.8. The Morgan fingerprint density at radius 2 is 2.00 bits per heavy atom. The fourth-order valence-electron chi connectivity index (χ4n) is 4.33. The topological polar surface area (TPSA) is 63.1 Å². The number of aryl methyl sites for hydroxylation is 2. The molecule has 5 rings (SSSR count). The van der Waals surface area contributed by atoms with E-state index < -0.39 is 0 Å². The van der Waals surface area contributed by atoms with Gasteiger partial charge in [0.15, 0.2) is 11.4 Å². The van der Waals surface area contributed by atoms with Crippen LogP contribution in [0.5, 0.6) is 0 Å². The molecule has 3 aromatic heterocycles. The highest BCUT2D eigenvalue weighted by Crippen LogP contribution is 2.38. The molecule has 0 bridgehead atoms. The summed E-state index contributed by atoms with van der Waals surface area (Å²) in [7, 11) is 0. The maximum Gasteiger partial charge on any atom is 0.174 e. The summed E-state index contributed by atoms with van der Waals surface area (Å²) in [4.78, 5) is 17.8. The van der Waals surface area contributed by atoms with Crippen molar-refractivity contribution >= 4 is 34.2 Å². The van der Waals surface area contributed by atoms with Gasteiger partial charge in [-0.25, -0.2) is 4.98 Å². The van der Waals surface area contributed by atoms with Crippen LogP contribution in [0.2, 0.25) is 0 Å². The number of pyridine rings is 1. The standard InChI is InChI=1S/C24H22N4OS/c1-14-10-23(28-21-7-5-4-6-20(21)26-24(28)19(14)12-25)30-13-22(29)18-11-15(2)27(16(18)3)17-8-9-17/h4-7,10-11,17H,8-9,13H2,1-3H3. The molecule has 0 radical (unpaired) electrons. The minimum Gasteiger partial charge on any atom is -0.345 e. The molecule has 4 aromatic rings. The Balaban J connectivity index is 1.52. The summed E-state index contributed by atoms with van der Waals surface area (Å²) in [5.74, 6) is 0.488.